The van der Waals surface area contributed by atoms with Gasteiger partial charge in [-0.25, -0.2) is 0 Å². The number of nitrogens with zero attached hydrogens (tertiary/aromatic N) is 1. The average Bonchev–Trinajstić information content (AvgIpc) is 1.59. The van der Waals surface area contributed by atoms with Crippen molar-refractivity contribution in [1.29, 1.82) is 0 Å². The molecule has 0 aliphatic heterocycles. The minimum atomic E-state index is 0. The van der Waals surface area contributed by atoms with Gasteiger partial charge < -0.3 is 16.9 Å². The van der Waals surface area contributed by atoms with E-state index in [4.69, 9.17) is 0 Å². The van der Waals surface area contributed by atoms with E-state index in [1.165, 1.54) is 12.3 Å². The summed E-state index contributed by atoms with van der Waals surface area (Å²) < 4.78 is 1.08. The van der Waals surface area contributed by atoms with Crippen LogP contribution in [0.25, 0.3) is 0 Å². The second-order valence-corrected chi connectivity index (χ2v) is 3.99. The first-order valence-corrected chi connectivity index (χ1v) is 4.25. The van der Waals surface area contributed by atoms with E-state index in [1.807, 2.05) is 11.8 Å². The fraction of sp³-hybridized carbons (Fsp3) is 1.00. The summed E-state index contributed by atoms with van der Waals surface area (Å²) in [6.07, 6.45) is 2.15. The Balaban J connectivity index is 0. The van der Waals surface area contributed by atoms with Crippen molar-refractivity contribution in [3.05, 3.63) is 0 Å². The molecular weight excluding hydrogens is 154 g/mol. The minimum absolute atomic E-state index is 0. The summed E-state index contributed by atoms with van der Waals surface area (Å²) >= 11 is 1.91. The highest BCUT2D eigenvalue weighted by Crippen LogP contribution is 1.95. The topological polar surface area (TPSA) is 0 Å². The van der Waals surface area contributed by atoms with Gasteiger partial charge in [-0.15, -0.1) is 0 Å². The van der Waals surface area contributed by atoms with Gasteiger partial charge in [0.1, 0.15) is 0 Å². The van der Waals surface area contributed by atoms with Crippen LogP contribution in [0.5, 0.6) is 0 Å². The molecule has 0 atom stereocenters. The van der Waals surface area contributed by atoms with Gasteiger partial charge in [-0.05, 0) is 6.26 Å². The number of halogens is 1. The predicted octanol–water partition coefficient (Wildman–Crippen LogP) is -1.94. The molecule has 0 fully saturated rings. The van der Waals surface area contributed by atoms with Crippen molar-refractivity contribution < 1.29 is 16.9 Å². The van der Waals surface area contributed by atoms with Gasteiger partial charge in [0.05, 0.1) is 27.7 Å². The van der Waals surface area contributed by atoms with Gasteiger partial charge in [-0.2, -0.15) is 11.8 Å². The standard InChI is InChI=1S/C6H16NS.ClH/c1-7(2,3)5-6-8-4;/h5-6H2,1-4H3;1H/q+1;/p-1. The molecular formula is C6H16ClNS. The number of thioether (sulfide) groups is 1. The second-order valence-electron chi connectivity index (χ2n) is 3.01. The highest BCUT2D eigenvalue weighted by Gasteiger charge is 2.03. The lowest BCUT2D eigenvalue weighted by Crippen LogP contribution is -3.00. The zero-order valence-corrected chi connectivity index (χ0v) is 8.22. The Morgan fingerprint density at radius 3 is 1.78 bits per heavy atom. The third kappa shape index (κ3) is 11.9. The largest absolute Gasteiger partial charge is 1.00 e. The Kier molecular flexibility index (Phi) is 7.36. The van der Waals surface area contributed by atoms with Crippen LogP contribution in [0, 0.1) is 0 Å². The van der Waals surface area contributed by atoms with E-state index in [9.17, 15) is 0 Å². The van der Waals surface area contributed by atoms with E-state index in [2.05, 4.69) is 27.4 Å². The van der Waals surface area contributed by atoms with E-state index in [-0.39, 0.29) is 12.4 Å². The molecule has 0 amide bonds. The summed E-state index contributed by atoms with van der Waals surface area (Å²) in [7, 11) is 6.66. The number of rotatable bonds is 3. The second kappa shape index (κ2) is 5.39. The van der Waals surface area contributed by atoms with Crippen molar-refractivity contribution in [2.75, 3.05) is 39.7 Å². The van der Waals surface area contributed by atoms with Gasteiger partial charge in [0, 0.05) is 5.75 Å². The molecule has 3 heteroatoms. The summed E-state index contributed by atoms with van der Waals surface area (Å²) in [6, 6.07) is 0. The van der Waals surface area contributed by atoms with Crippen molar-refractivity contribution in [2.45, 2.75) is 0 Å². The van der Waals surface area contributed by atoms with Crippen molar-refractivity contribution in [3.8, 4) is 0 Å². The van der Waals surface area contributed by atoms with E-state index >= 15 is 0 Å². The molecule has 0 heterocycles. The van der Waals surface area contributed by atoms with Gasteiger partial charge in [0.25, 0.3) is 0 Å². The van der Waals surface area contributed by atoms with E-state index in [1.54, 1.807) is 0 Å². The lowest BCUT2D eigenvalue weighted by Gasteiger charge is -2.22. The molecule has 1 nitrogen and oxygen atoms in total. The van der Waals surface area contributed by atoms with Crippen molar-refractivity contribution >= 4 is 11.8 Å². The lowest BCUT2D eigenvalue weighted by atomic mass is 10.6. The SMILES string of the molecule is CSCC[N+](C)(C)C.[Cl-]. The predicted molar refractivity (Wildman–Crippen MR) is 41.3 cm³/mol. The first kappa shape index (κ1) is 12.3. The molecule has 0 radical (unpaired) electrons. The molecule has 0 aliphatic carbocycles. The normalized spacial score (nSPS) is 10.7. The van der Waals surface area contributed by atoms with Gasteiger partial charge in [0.15, 0.2) is 0 Å². The fourth-order valence-electron chi connectivity index (χ4n) is 0.365. The summed E-state index contributed by atoms with van der Waals surface area (Å²) in [5.74, 6) is 1.27. The maximum atomic E-state index is 2.22. The molecule has 58 valence electrons. The van der Waals surface area contributed by atoms with E-state index in [0.717, 1.165) is 4.48 Å². The molecule has 0 aromatic rings. The van der Waals surface area contributed by atoms with Crippen LogP contribution >= 0.6 is 11.8 Å². The Morgan fingerprint density at radius 2 is 1.67 bits per heavy atom. The van der Waals surface area contributed by atoms with Gasteiger partial charge >= 0.3 is 0 Å². The Morgan fingerprint density at radius 1 is 1.22 bits per heavy atom. The molecule has 0 saturated carbocycles. The molecule has 0 aromatic carbocycles. The summed E-state index contributed by atoms with van der Waals surface area (Å²) in [5.41, 5.74) is 0. The molecule has 0 spiro atoms. The van der Waals surface area contributed by atoms with Crippen molar-refractivity contribution in [3.63, 3.8) is 0 Å². The first-order valence-electron chi connectivity index (χ1n) is 2.85. The van der Waals surface area contributed by atoms with Crippen LogP contribution in [0.2, 0.25) is 0 Å². The van der Waals surface area contributed by atoms with E-state index in [0.29, 0.717) is 0 Å². The van der Waals surface area contributed by atoms with Gasteiger partial charge in [0.2, 0.25) is 0 Å². The highest BCUT2D eigenvalue weighted by atomic mass is 35.5. The van der Waals surface area contributed by atoms with Crippen LogP contribution in [0.4, 0.5) is 0 Å². The number of quaternary nitrogens is 1. The van der Waals surface area contributed by atoms with Crippen LogP contribution < -0.4 is 12.4 Å². The van der Waals surface area contributed by atoms with Crippen LogP contribution in [0.3, 0.4) is 0 Å². The highest BCUT2D eigenvalue weighted by molar-refractivity contribution is 7.98. The average molecular weight is 170 g/mol. The first-order chi connectivity index (χ1) is 3.56. The number of hydrogen-bond acceptors (Lipinski definition) is 1. The molecule has 9 heavy (non-hydrogen) atoms. The summed E-state index contributed by atoms with van der Waals surface area (Å²) in [6.45, 7) is 1.27. The zero-order chi connectivity index (χ0) is 6.62. The summed E-state index contributed by atoms with van der Waals surface area (Å²) in [5, 5.41) is 0. The zero-order valence-electron chi connectivity index (χ0n) is 6.65. The monoisotopic (exact) mass is 169 g/mol. The molecule has 0 aliphatic rings. The molecule has 0 bridgehead atoms. The molecule has 0 aromatic heterocycles. The molecule has 0 saturated heterocycles. The number of hydrogen-bond donors (Lipinski definition) is 0. The third-order valence-electron chi connectivity index (χ3n) is 0.966. The summed E-state index contributed by atoms with van der Waals surface area (Å²) in [4.78, 5) is 0. The molecule has 0 N–H and O–H groups in total. The minimum Gasteiger partial charge on any atom is -1.00 e. The lowest BCUT2D eigenvalue weighted by molar-refractivity contribution is -0.867. The van der Waals surface area contributed by atoms with Crippen molar-refractivity contribution in [1.82, 2.24) is 0 Å². The van der Waals surface area contributed by atoms with Crippen molar-refractivity contribution in [2.24, 2.45) is 0 Å². The Labute approximate surface area is 68.8 Å². The van der Waals surface area contributed by atoms with Crippen LogP contribution in [-0.4, -0.2) is 44.2 Å². The van der Waals surface area contributed by atoms with Gasteiger partial charge in [-0.3, -0.25) is 0 Å². The molecule has 0 unspecified atom stereocenters. The van der Waals surface area contributed by atoms with E-state index < -0.39 is 0 Å². The Bertz CT molecular complexity index is 60.6. The van der Waals surface area contributed by atoms with Gasteiger partial charge in [-0.1, -0.05) is 0 Å². The maximum Gasteiger partial charge on any atom is 0.0872 e. The quantitative estimate of drug-likeness (QED) is 0.444. The smallest absolute Gasteiger partial charge is 0.0872 e. The third-order valence-corrected chi connectivity index (χ3v) is 1.56. The van der Waals surface area contributed by atoms with Crippen LogP contribution in [-0.2, 0) is 0 Å². The molecule has 0 rings (SSSR count). The fourth-order valence-corrected chi connectivity index (χ4v) is 1.10. The maximum absolute atomic E-state index is 2.22. The van der Waals surface area contributed by atoms with Crippen LogP contribution in [0.15, 0.2) is 0 Å². The Hall–Kier alpha value is 0.600. The van der Waals surface area contributed by atoms with Crippen LogP contribution in [0.1, 0.15) is 0 Å².